The highest BCUT2D eigenvalue weighted by Gasteiger charge is 2.23. The zero-order chi connectivity index (χ0) is 23.1. The van der Waals surface area contributed by atoms with Crippen LogP contribution in [-0.2, 0) is 4.74 Å². The highest BCUT2D eigenvalue weighted by molar-refractivity contribution is 5.90. The molecule has 0 saturated carbocycles. The van der Waals surface area contributed by atoms with Crippen LogP contribution in [0.15, 0.2) is 30.6 Å². The molecule has 0 aliphatic carbocycles. The van der Waals surface area contributed by atoms with Crippen LogP contribution in [0.3, 0.4) is 0 Å². The Balaban J connectivity index is 2.04. The molecule has 0 bridgehead atoms. The minimum absolute atomic E-state index is 0.0676. The fraction of sp³-hybridized carbons (Fsp3) is 0.316. The molecule has 3 aromatic rings. The Kier molecular flexibility index (Phi) is 3.84. The number of carbonyl (C=O) groups is 2. The summed E-state index contributed by atoms with van der Waals surface area (Å²) in [6.45, 7) is 3.58. The van der Waals surface area contributed by atoms with Crippen molar-refractivity contribution in [3.05, 3.63) is 41.9 Å². The maximum atomic E-state index is 12.5. The summed E-state index contributed by atoms with van der Waals surface area (Å²) in [4.78, 5) is 32.6. The Morgan fingerprint density at radius 2 is 2.04 bits per heavy atom. The van der Waals surface area contributed by atoms with Gasteiger partial charge in [0.25, 0.3) is 5.95 Å². The standard InChI is InChI=1S/C19H21N5O4/c1-11-14(16(25)26)8-13(10-20-11)12-6-7-24-15(9-12)21-17(22-24)23(5)18(27)28-19(2,3)4/h6-10H,1-5H3,(H,25,26)/i5D3. The number of aromatic carboxylic acids is 1. The Hall–Kier alpha value is -3.49. The van der Waals surface area contributed by atoms with Crippen LogP contribution < -0.4 is 4.90 Å². The molecule has 3 rings (SSSR count). The lowest BCUT2D eigenvalue weighted by atomic mass is 10.1. The van der Waals surface area contributed by atoms with Gasteiger partial charge in [-0.3, -0.25) is 4.98 Å². The van der Waals surface area contributed by atoms with Crippen molar-refractivity contribution >= 4 is 23.7 Å². The smallest absolute Gasteiger partial charge is 0.416 e. The van der Waals surface area contributed by atoms with Crippen molar-refractivity contribution in [2.24, 2.45) is 0 Å². The molecule has 3 heterocycles. The van der Waals surface area contributed by atoms with Crippen LogP contribution in [0, 0.1) is 6.92 Å². The van der Waals surface area contributed by atoms with Gasteiger partial charge >= 0.3 is 12.1 Å². The van der Waals surface area contributed by atoms with Gasteiger partial charge in [-0.2, -0.15) is 4.98 Å². The monoisotopic (exact) mass is 386 g/mol. The number of amides is 1. The summed E-state index contributed by atoms with van der Waals surface area (Å²) in [5.41, 5.74) is 0.926. The van der Waals surface area contributed by atoms with Gasteiger partial charge in [0.2, 0.25) is 0 Å². The van der Waals surface area contributed by atoms with E-state index in [4.69, 9.17) is 8.85 Å². The van der Waals surface area contributed by atoms with Crippen LogP contribution >= 0.6 is 0 Å². The summed E-state index contributed by atoms with van der Waals surface area (Å²) >= 11 is 0. The van der Waals surface area contributed by atoms with Crippen LogP contribution in [0.4, 0.5) is 10.7 Å². The maximum absolute atomic E-state index is 12.5. The second-order valence-electron chi connectivity index (χ2n) is 7.11. The molecular weight excluding hydrogens is 362 g/mol. The largest absolute Gasteiger partial charge is 0.478 e. The normalized spacial score (nSPS) is 13.5. The van der Waals surface area contributed by atoms with Gasteiger partial charge in [-0.05, 0) is 51.5 Å². The molecule has 0 atom stereocenters. The molecule has 1 amide bonds. The van der Waals surface area contributed by atoms with Crippen molar-refractivity contribution < 1.29 is 23.5 Å². The van der Waals surface area contributed by atoms with Gasteiger partial charge in [0.15, 0.2) is 5.65 Å². The third-order valence-corrected chi connectivity index (χ3v) is 3.75. The van der Waals surface area contributed by atoms with Crippen LogP contribution in [-0.4, -0.2) is 49.3 Å². The first-order valence-corrected chi connectivity index (χ1v) is 8.36. The number of rotatable bonds is 3. The van der Waals surface area contributed by atoms with E-state index in [1.165, 1.54) is 23.0 Å². The second kappa shape index (κ2) is 6.91. The van der Waals surface area contributed by atoms with E-state index in [-0.39, 0.29) is 17.2 Å². The molecule has 0 fully saturated rings. The highest BCUT2D eigenvalue weighted by atomic mass is 16.6. The summed E-state index contributed by atoms with van der Waals surface area (Å²) in [6.07, 6.45) is 1.95. The molecule has 9 heteroatoms. The Bertz CT molecular complexity index is 1170. The SMILES string of the molecule is [2H]C([2H])([2H])N(C(=O)OC(C)(C)C)c1nc2cc(-c3cnc(C)c(C(=O)O)c3)ccn2n1. The number of hydrogen-bond acceptors (Lipinski definition) is 6. The van der Waals surface area contributed by atoms with Crippen molar-refractivity contribution in [3.8, 4) is 11.1 Å². The molecule has 0 aromatic carbocycles. The Morgan fingerprint density at radius 1 is 1.29 bits per heavy atom. The molecular formula is C19H21N5O4. The lowest BCUT2D eigenvalue weighted by Gasteiger charge is -2.22. The van der Waals surface area contributed by atoms with Crippen LogP contribution in [0.25, 0.3) is 16.8 Å². The average molecular weight is 386 g/mol. The zero-order valence-electron chi connectivity index (χ0n) is 18.8. The summed E-state index contributed by atoms with van der Waals surface area (Å²) in [5, 5.41) is 13.4. The number of carboxylic acid groups (broad SMARTS) is 1. The molecule has 0 unspecified atom stereocenters. The van der Waals surface area contributed by atoms with E-state index in [0.717, 1.165) is 0 Å². The number of anilines is 1. The third kappa shape index (κ3) is 3.93. The number of nitrogens with zero attached hydrogens (tertiary/aromatic N) is 5. The number of ether oxygens (including phenoxy) is 1. The van der Waals surface area contributed by atoms with E-state index < -0.39 is 24.6 Å². The number of aromatic nitrogens is 4. The van der Waals surface area contributed by atoms with Gasteiger partial charge < -0.3 is 9.84 Å². The van der Waals surface area contributed by atoms with Crippen molar-refractivity contribution in [1.82, 2.24) is 19.6 Å². The summed E-state index contributed by atoms with van der Waals surface area (Å²) in [6, 6.07) is 4.72. The van der Waals surface area contributed by atoms with Crippen molar-refractivity contribution in [1.29, 1.82) is 0 Å². The maximum Gasteiger partial charge on any atom is 0.416 e. The zero-order valence-corrected chi connectivity index (χ0v) is 15.8. The fourth-order valence-corrected chi connectivity index (χ4v) is 2.44. The number of hydrogen-bond donors (Lipinski definition) is 1. The Morgan fingerprint density at radius 3 is 2.68 bits per heavy atom. The minimum atomic E-state index is -2.87. The van der Waals surface area contributed by atoms with Crippen LogP contribution in [0.5, 0.6) is 0 Å². The van der Waals surface area contributed by atoms with E-state index in [1.807, 2.05) is 0 Å². The topological polar surface area (TPSA) is 110 Å². The van der Waals surface area contributed by atoms with E-state index in [2.05, 4.69) is 15.1 Å². The average Bonchev–Trinajstić information content (AvgIpc) is 3.01. The fourth-order valence-electron chi connectivity index (χ4n) is 2.44. The predicted octanol–water partition coefficient (Wildman–Crippen LogP) is 3.17. The van der Waals surface area contributed by atoms with Gasteiger partial charge in [0.1, 0.15) is 5.60 Å². The minimum Gasteiger partial charge on any atom is -0.478 e. The summed E-state index contributed by atoms with van der Waals surface area (Å²) in [5.74, 6) is -1.44. The molecule has 0 saturated heterocycles. The van der Waals surface area contributed by atoms with Gasteiger partial charge in [-0.25, -0.2) is 19.0 Å². The molecule has 28 heavy (non-hydrogen) atoms. The van der Waals surface area contributed by atoms with Gasteiger partial charge in [0.05, 0.1) is 11.3 Å². The van der Waals surface area contributed by atoms with Crippen molar-refractivity contribution in [2.75, 3.05) is 11.9 Å². The molecule has 146 valence electrons. The second-order valence-corrected chi connectivity index (χ2v) is 7.11. The molecule has 0 aliphatic heterocycles. The number of carboxylic acids is 1. The lowest BCUT2D eigenvalue weighted by molar-refractivity contribution is 0.0586. The Labute approximate surface area is 165 Å². The highest BCUT2D eigenvalue weighted by Crippen LogP contribution is 2.23. The third-order valence-electron chi connectivity index (χ3n) is 3.75. The molecule has 0 aliphatic rings. The first-order valence-electron chi connectivity index (χ1n) is 9.86. The number of pyridine rings is 2. The van der Waals surface area contributed by atoms with E-state index in [1.54, 1.807) is 39.8 Å². The van der Waals surface area contributed by atoms with Gasteiger partial charge in [-0.1, -0.05) is 0 Å². The quantitative estimate of drug-likeness (QED) is 0.736. The van der Waals surface area contributed by atoms with Crippen LogP contribution in [0.1, 0.15) is 40.9 Å². The molecule has 0 radical (unpaired) electrons. The van der Waals surface area contributed by atoms with Crippen molar-refractivity contribution in [2.45, 2.75) is 33.3 Å². The van der Waals surface area contributed by atoms with Crippen molar-refractivity contribution in [3.63, 3.8) is 0 Å². The predicted molar refractivity (Wildman–Crippen MR) is 103 cm³/mol. The first kappa shape index (κ1) is 15.6. The summed E-state index contributed by atoms with van der Waals surface area (Å²) < 4.78 is 29.6. The van der Waals surface area contributed by atoms with Crippen LogP contribution in [0.2, 0.25) is 0 Å². The van der Waals surface area contributed by atoms with E-state index in [0.29, 0.717) is 21.7 Å². The van der Waals surface area contributed by atoms with E-state index >= 15 is 0 Å². The summed E-state index contributed by atoms with van der Waals surface area (Å²) in [7, 11) is 0. The number of carbonyl (C=O) groups excluding carboxylic acids is 1. The van der Waals surface area contributed by atoms with Gasteiger partial charge in [0, 0.05) is 29.0 Å². The number of aryl methyl sites for hydroxylation is 1. The first-order chi connectivity index (χ1) is 14.3. The molecule has 1 N–H and O–H groups in total. The molecule has 0 spiro atoms. The lowest BCUT2D eigenvalue weighted by Crippen LogP contribution is -2.34. The van der Waals surface area contributed by atoms with E-state index in [9.17, 15) is 14.7 Å². The molecule has 9 nitrogen and oxygen atoms in total. The van der Waals surface area contributed by atoms with Gasteiger partial charge in [-0.15, -0.1) is 5.10 Å². The number of fused-ring (bicyclic) bond motifs is 1. The molecule has 3 aromatic heterocycles.